The number of Topliss-reactive ketones (excluding diaryl/α,β-unsaturated/α-hetero) is 1. The quantitative estimate of drug-likeness (QED) is 0.765. The molecule has 0 aliphatic rings. The minimum absolute atomic E-state index is 0.0491. The van der Waals surface area contributed by atoms with Gasteiger partial charge in [0.25, 0.3) is 0 Å². The van der Waals surface area contributed by atoms with E-state index in [1.807, 2.05) is 19.9 Å². The zero-order valence-electron chi connectivity index (χ0n) is 11.3. The molecule has 0 spiro atoms. The summed E-state index contributed by atoms with van der Waals surface area (Å²) >= 11 is 1.42. The van der Waals surface area contributed by atoms with E-state index in [-0.39, 0.29) is 23.9 Å². The maximum absolute atomic E-state index is 13.0. The van der Waals surface area contributed by atoms with Crippen molar-refractivity contribution in [1.82, 2.24) is 10.1 Å². The van der Waals surface area contributed by atoms with Crippen LogP contribution in [-0.2, 0) is 17.0 Å². The zero-order chi connectivity index (χ0) is 14.5. The van der Waals surface area contributed by atoms with Crippen LogP contribution >= 0.6 is 11.8 Å². The van der Waals surface area contributed by atoms with Crippen molar-refractivity contribution in [3.63, 3.8) is 0 Å². The van der Waals surface area contributed by atoms with Crippen LogP contribution in [0.3, 0.4) is 0 Å². The fourth-order valence-corrected chi connectivity index (χ4v) is 2.26. The molecule has 0 atom stereocenters. The third-order valence-electron chi connectivity index (χ3n) is 2.64. The second kappa shape index (κ2) is 6.65. The lowest BCUT2D eigenvalue weighted by atomic mass is 10.1. The number of benzene rings is 1. The van der Waals surface area contributed by atoms with Crippen LogP contribution in [0.15, 0.2) is 33.7 Å². The van der Waals surface area contributed by atoms with Gasteiger partial charge in [-0.1, -0.05) is 25.1 Å². The SMILES string of the molecule is CC(C)C(=O)Cc1nc(CSc2cccc(F)c2)no1. The van der Waals surface area contributed by atoms with Gasteiger partial charge in [0.2, 0.25) is 5.89 Å². The Morgan fingerprint density at radius 3 is 2.95 bits per heavy atom. The van der Waals surface area contributed by atoms with Crippen molar-refractivity contribution in [3.05, 3.63) is 41.8 Å². The molecule has 1 aromatic heterocycles. The Kier molecular flexibility index (Phi) is 4.89. The number of thioether (sulfide) groups is 1. The van der Waals surface area contributed by atoms with Crippen LogP contribution in [-0.4, -0.2) is 15.9 Å². The summed E-state index contributed by atoms with van der Waals surface area (Å²) in [5, 5.41) is 3.81. The molecule has 0 saturated carbocycles. The normalized spacial score (nSPS) is 11.0. The van der Waals surface area contributed by atoms with Crippen molar-refractivity contribution in [2.75, 3.05) is 0 Å². The molecule has 0 saturated heterocycles. The van der Waals surface area contributed by atoms with E-state index >= 15 is 0 Å². The van der Waals surface area contributed by atoms with Gasteiger partial charge in [-0.05, 0) is 18.2 Å². The highest BCUT2D eigenvalue weighted by Crippen LogP contribution is 2.22. The van der Waals surface area contributed by atoms with Gasteiger partial charge in [-0.25, -0.2) is 4.39 Å². The highest BCUT2D eigenvalue weighted by Gasteiger charge is 2.14. The highest BCUT2D eigenvalue weighted by atomic mass is 32.2. The minimum atomic E-state index is -0.272. The summed E-state index contributed by atoms with van der Waals surface area (Å²) in [6.07, 6.45) is 0.162. The summed E-state index contributed by atoms with van der Waals surface area (Å²) in [5.41, 5.74) is 0. The molecule has 0 amide bonds. The van der Waals surface area contributed by atoms with Gasteiger partial charge in [0.15, 0.2) is 5.82 Å². The highest BCUT2D eigenvalue weighted by molar-refractivity contribution is 7.98. The minimum Gasteiger partial charge on any atom is -0.339 e. The second-order valence-electron chi connectivity index (χ2n) is 4.65. The topological polar surface area (TPSA) is 56.0 Å². The Bertz CT molecular complexity index is 598. The van der Waals surface area contributed by atoms with Gasteiger partial charge in [0.05, 0.1) is 12.2 Å². The predicted octanol–water partition coefficient (Wildman–Crippen LogP) is 3.27. The molecule has 106 valence electrons. The summed E-state index contributed by atoms with van der Waals surface area (Å²) < 4.78 is 18.0. The Hall–Kier alpha value is -1.69. The van der Waals surface area contributed by atoms with Crippen LogP contribution in [0.1, 0.15) is 25.6 Å². The Morgan fingerprint density at radius 2 is 2.25 bits per heavy atom. The standard InChI is InChI=1S/C14H15FN2O2S/c1-9(2)12(18)7-14-16-13(17-19-14)8-20-11-5-3-4-10(15)6-11/h3-6,9H,7-8H2,1-2H3. The molecule has 0 radical (unpaired) electrons. The summed E-state index contributed by atoms with van der Waals surface area (Å²) in [7, 11) is 0. The molecule has 0 aliphatic heterocycles. The Balaban J connectivity index is 1.91. The van der Waals surface area contributed by atoms with Crippen LogP contribution in [0.25, 0.3) is 0 Å². The number of rotatable bonds is 6. The Morgan fingerprint density at radius 1 is 1.45 bits per heavy atom. The van der Waals surface area contributed by atoms with Crippen molar-refractivity contribution in [1.29, 1.82) is 0 Å². The first-order chi connectivity index (χ1) is 9.54. The lowest BCUT2D eigenvalue weighted by Crippen LogP contribution is -2.10. The van der Waals surface area contributed by atoms with Crippen LogP contribution in [0.2, 0.25) is 0 Å². The molecule has 6 heteroatoms. The van der Waals surface area contributed by atoms with Gasteiger partial charge in [-0.2, -0.15) is 4.98 Å². The third-order valence-corrected chi connectivity index (χ3v) is 3.63. The van der Waals surface area contributed by atoms with Crippen LogP contribution in [0.4, 0.5) is 4.39 Å². The van der Waals surface area contributed by atoms with Gasteiger partial charge in [-0.3, -0.25) is 4.79 Å². The van der Waals surface area contributed by atoms with E-state index in [0.29, 0.717) is 17.5 Å². The number of hydrogen-bond acceptors (Lipinski definition) is 5. The molecule has 0 aliphatic carbocycles. The number of hydrogen-bond donors (Lipinski definition) is 0. The molecule has 20 heavy (non-hydrogen) atoms. The molecule has 1 heterocycles. The number of halogens is 1. The van der Waals surface area contributed by atoms with Crippen molar-refractivity contribution < 1.29 is 13.7 Å². The molecular formula is C14H15FN2O2S. The smallest absolute Gasteiger partial charge is 0.234 e. The molecule has 2 rings (SSSR count). The Labute approximate surface area is 120 Å². The van der Waals surface area contributed by atoms with Gasteiger partial charge in [0, 0.05) is 10.8 Å². The summed E-state index contributed by atoms with van der Waals surface area (Å²) in [4.78, 5) is 16.5. The van der Waals surface area contributed by atoms with Crippen molar-refractivity contribution >= 4 is 17.5 Å². The molecule has 0 bridgehead atoms. The van der Waals surface area contributed by atoms with E-state index < -0.39 is 0 Å². The van der Waals surface area contributed by atoms with E-state index in [0.717, 1.165) is 4.90 Å². The molecular weight excluding hydrogens is 279 g/mol. The zero-order valence-corrected chi connectivity index (χ0v) is 12.1. The number of carbonyl (C=O) groups excluding carboxylic acids is 1. The monoisotopic (exact) mass is 294 g/mol. The van der Waals surface area contributed by atoms with E-state index in [9.17, 15) is 9.18 Å². The molecule has 4 nitrogen and oxygen atoms in total. The predicted molar refractivity (Wildman–Crippen MR) is 73.8 cm³/mol. The van der Waals surface area contributed by atoms with Gasteiger partial charge in [-0.15, -0.1) is 11.8 Å². The summed E-state index contributed by atoms with van der Waals surface area (Å²) in [6.45, 7) is 3.67. The lowest BCUT2D eigenvalue weighted by molar-refractivity contribution is -0.121. The van der Waals surface area contributed by atoms with E-state index in [4.69, 9.17) is 4.52 Å². The second-order valence-corrected chi connectivity index (χ2v) is 5.70. The van der Waals surface area contributed by atoms with Gasteiger partial charge in [0.1, 0.15) is 11.6 Å². The number of carbonyl (C=O) groups is 1. The summed E-state index contributed by atoms with van der Waals surface area (Å²) in [6, 6.07) is 6.32. The van der Waals surface area contributed by atoms with E-state index in [1.54, 1.807) is 6.07 Å². The van der Waals surface area contributed by atoms with Crippen molar-refractivity contribution in [2.24, 2.45) is 5.92 Å². The van der Waals surface area contributed by atoms with Crippen LogP contribution in [0, 0.1) is 11.7 Å². The third kappa shape index (κ3) is 4.16. The fraction of sp³-hybridized carbons (Fsp3) is 0.357. The first-order valence-electron chi connectivity index (χ1n) is 6.27. The number of ketones is 1. The fourth-order valence-electron chi connectivity index (χ4n) is 1.48. The molecule has 0 unspecified atom stereocenters. The van der Waals surface area contributed by atoms with Crippen LogP contribution < -0.4 is 0 Å². The average Bonchev–Trinajstić information content (AvgIpc) is 2.84. The lowest BCUT2D eigenvalue weighted by Gasteiger charge is -1.99. The van der Waals surface area contributed by atoms with Crippen molar-refractivity contribution in [2.45, 2.75) is 30.9 Å². The van der Waals surface area contributed by atoms with E-state index in [1.165, 1.54) is 23.9 Å². The maximum Gasteiger partial charge on any atom is 0.234 e. The maximum atomic E-state index is 13.0. The van der Waals surface area contributed by atoms with Gasteiger partial charge < -0.3 is 4.52 Å². The number of aromatic nitrogens is 2. The average molecular weight is 294 g/mol. The first-order valence-corrected chi connectivity index (χ1v) is 7.25. The molecule has 0 fully saturated rings. The molecule has 1 aromatic carbocycles. The summed E-state index contributed by atoms with van der Waals surface area (Å²) in [5.74, 6) is 1.06. The van der Waals surface area contributed by atoms with Gasteiger partial charge >= 0.3 is 0 Å². The molecule has 0 N–H and O–H groups in total. The van der Waals surface area contributed by atoms with Crippen molar-refractivity contribution in [3.8, 4) is 0 Å². The number of nitrogens with zero attached hydrogens (tertiary/aromatic N) is 2. The van der Waals surface area contributed by atoms with Crippen LogP contribution in [0.5, 0.6) is 0 Å². The molecule has 2 aromatic rings. The largest absolute Gasteiger partial charge is 0.339 e. The first kappa shape index (κ1) is 14.7. The van der Waals surface area contributed by atoms with E-state index in [2.05, 4.69) is 10.1 Å².